The van der Waals surface area contributed by atoms with Crippen LogP contribution in [0.25, 0.3) is 0 Å². The first kappa shape index (κ1) is 23.4. The minimum Gasteiger partial charge on any atom is -0.329 e. The Labute approximate surface area is 181 Å². The largest absolute Gasteiger partial charge is 0.446 e. The first-order chi connectivity index (χ1) is 14.6. The number of hydrogen-bond donors (Lipinski definition) is 4. The van der Waals surface area contributed by atoms with Crippen molar-refractivity contribution in [3.8, 4) is 0 Å². The van der Waals surface area contributed by atoms with Crippen LogP contribution in [0.15, 0.2) is 46.1 Å². The third-order valence-electron chi connectivity index (χ3n) is 5.45. The molecule has 0 spiro atoms. The summed E-state index contributed by atoms with van der Waals surface area (Å²) < 4.78 is 38.4. The summed E-state index contributed by atoms with van der Waals surface area (Å²) in [6, 6.07) is 6.22. The molecule has 1 saturated carbocycles. The number of nitrogens with two attached hydrogens (primary N) is 2. The number of rotatable bonds is 6. The molecule has 0 bridgehead atoms. The number of nitrogens with one attached hydrogen (secondary N) is 2. The van der Waals surface area contributed by atoms with Gasteiger partial charge >= 0.3 is 11.2 Å². The highest BCUT2D eigenvalue weighted by molar-refractivity contribution is 8.00. The number of hydrogen-bond acceptors (Lipinski definition) is 6. The molecule has 1 aliphatic heterocycles. The molecule has 2 aliphatic rings. The second-order valence-corrected chi connectivity index (χ2v) is 8.94. The smallest absolute Gasteiger partial charge is 0.329 e. The van der Waals surface area contributed by atoms with Gasteiger partial charge in [0.2, 0.25) is 0 Å². The average molecular weight is 459 g/mol. The maximum absolute atomic E-state index is 12.8. The van der Waals surface area contributed by atoms with E-state index in [0.717, 1.165) is 25.7 Å². The van der Waals surface area contributed by atoms with Gasteiger partial charge < -0.3 is 16.4 Å². The van der Waals surface area contributed by atoms with E-state index in [9.17, 15) is 23.3 Å². The molecule has 1 heterocycles. The molecule has 170 valence electrons. The first-order valence-corrected chi connectivity index (χ1v) is 10.7. The van der Waals surface area contributed by atoms with E-state index in [4.69, 9.17) is 11.5 Å². The molecular weight excluding hydrogens is 433 g/mol. The molecule has 1 fully saturated rings. The SMILES string of the molecule is NC1CCC(CC2(N)NC(=NCc3ccccc3SC(F)(F)F)NC=C2[N+](=O)[O-])CC1. The van der Waals surface area contributed by atoms with Crippen molar-refractivity contribution in [1.29, 1.82) is 0 Å². The highest BCUT2D eigenvalue weighted by Gasteiger charge is 2.44. The van der Waals surface area contributed by atoms with E-state index in [2.05, 4.69) is 15.6 Å². The highest BCUT2D eigenvalue weighted by atomic mass is 32.2. The molecule has 1 aliphatic carbocycles. The van der Waals surface area contributed by atoms with Crippen molar-refractivity contribution in [1.82, 2.24) is 10.6 Å². The Balaban J connectivity index is 1.76. The number of benzene rings is 1. The molecule has 0 radical (unpaired) electrons. The lowest BCUT2D eigenvalue weighted by atomic mass is 9.80. The lowest BCUT2D eigenvalue weighted by molar-refractivity contribution is -0.437. The summed E-state index contributed by atoms with van der Waals surface area (Å²) in [7, 11) is 0. The zero-order chi connectivity index (χ0) is 22.6. The third kappa shape index (κ3) is 6.34. The standard InChI is InChI=1S/C19H25F3N6O2S/c20-19(21,22)31-15-4-2-1-3-13(15)10-25-17-26-11-16(28(29)30)18(24,27-17)9-12-5-7-14(23)8-6-12/h1-4,11-12,14H,5-10,23-24H2,(H2,25,26,27). The van der Waals surface area contributed by atoms with Gasteiger partial charge in [-0.25, -0.2) is 4.99 Å². The number of halogens is 3. The number of thioether (sulfide) groups is 1. The molecule has 12 heteroatoms. The van der Waals surface area contributed by atoms with Gasteiger partial charge in [0.1, 0.15) is 0 Å². The van der Waals surface area contributed by atoms with Crippen LogP contribution in [0.4, 0.5) is 13.2 Å². The summed E-state index contributed by atoms with van der Waals surface area (Å²) in [5, 5.41) is 17.1. The van der Waals surface area contributed by atoms with E-state index in [0.29, 0.717) is 12.0 Å². The summed E-state index contributed by atoms with van der Waals surface area (Å²) in [5.41, 5.74) is 6.67. The second kappa shape index (κ2) is 9.45. The van der Waals surface area contributed by atoms with Gasteiger partial charge in [-0.3, -0.25) is 15.8 Å². The van der Waals surface area contributed by atoms with Crippen molar-refractivity contribution in [2.24, 2.45) is 22.4 Å². The number of nitrogens with zero attached hydrogens (tertiary/aromatic N) is 2. The van der Waals surface area contributed by atoms with Gasteiger partial charge in [-0.15, -0.1) is 0 Å². The van der Waals surface area contributed by atoms with E-state index in [1.165, 1.54) is 18.3 Å². The maximum Gasteiger partial charge on any atom is 0.446 e. The van der Waals surface area contributed by atoms with Gasteiger partial charge in [0, 0.05) is 10.9 Å². The van der Waals surface area contributed by atoms with Gasteiger partial charge in [0.15, 0.2) is 11.6 Å². The Hall–Kier alpha value is -2.31. The van der Waals surface area contributed by atoms with Crippen molar-refractivity contribution >= 4 is 17.7 Å². The number of aliphatic imine (C=N–C) groups is 1. The average Bonchev–Trinajstić information content (AvgIpc) is 2.67. The second-order valence-electron chi connectivity index (χ2n) is 7.83. The van der Waals surface area contributed by atoms with Crippen LogP contribution in [0.3, 0.4) is 0 Å². The van der Waals surface area contributed by atoms with Crippen LogP contribution in [0.2, 0.25) is 0 Å². The van der Waals surface area contributed by atoms with E-state index >= 15 is 0 Å². The van der Waals surface area contributed by atoms with Crippen LogP contribution in [-0.4, -0.2) is 28.1 Å². The Bertz CT molecular complexity index is 870. The van der Waals surface area contributed by atoms with E-state index in [1.54, 1.807) is 12.1 Å². The zero-order valence-electron chi connectivity index (χ0n) is 16.7. The molecule has 0 amide bonds. The number of alkyl halides is 3. The van der Waals surface area contributed by atoms with Crippen LogP contribution < -0.4 is 22.1 Å². The molecule has 1 unspecified atom stereocenters. The Kier molecular flexibility index (Phi) is 7.12. The minimum atomic E-state index is -4.41. The van der Waals surface area contributed by atoms with Crippen LogP contribution in [0.5, 0.6) is 0 Å². The van der Waals surface area contributed by atoms with Crippen LogP contribution in [-0.2, 0) is 6.54 Å². The summed E-state index contributed by atoms with van der Waals surface area (Å²) in [6.07, 6.45) is 4.85. The number of guanidine groups is 1. The van der Waals surface area contributed by atoms with Crippen LogP contribution in [0, 0.1) is 16.0 Å². The van der Waals surface area contributed by atoms with E-state index in [-0.39, 0.29) is 46.8 Å². The van der Waals surface area contributed by atoms with Gasteiger partial charge in [-0.2, -0.15) is 13.2 Å². The molecule has 1 aromatic carbocycles. The predicted molar refractivity (Wildman–Crippen MR) is 112 cm³/mol. The van der Waals surface area contributed by atoms with Crippen molar-refractivity contribution in [3.05, 3.63) is 51.8 Å². The fourth-order valence-corrected chi connectivity index (χ4v) is 4.56. The molecule has 0 aromatic heterocycles. The Morgan fingerprint density at radius 1 is 1.26 bits per heavy atom. The maximum atomic E-state index is 12.8. The predicted octanol–water partition coefficient (Wildman–Crippen LogP) is 3.03. The fourth-order valence-electron chi connectivity index (χ4n) is 3.90. The monoisotopic (exact) mass is 458 g/mol. The Morgan fingerprint density at radius 3 is 2.58 bits per heavy atom. The number of nitro groups is 1. The molecule has 1 aromatic rings. The summed E-state index contributed by atoms with van der Waals surface area (Å²) in [4.78, 5) is 15.3. The summed E-state index contributed by atoms with van der Waals surface area (Å²) >= 11 is -0.205. The van der Waals surface area contributed by atoms with E-state index in [1.807, 2.05) is 0 Å². The lowest BCUT2D eigenvalue weighted by Gasteiger charge is -2.37. The van der Waals surface area contributed by atoms with Crippen molar-refractivity contribution in [2.45, 2.75) is 60.8 Å². The highest BCUT2D eigenvalue weighted by Crippen LogP contribution is 2.38. The molecule has 1 atom stereocenters. The topological polar surface area (TPSA) is 132 Å². The first-order valence-electron chi connectivity index (χ1n) is 9.88. The summed E-state index contributed by atoms with van der Waals surface area (Å²) in [6.45, 7) is -0.0510. The molecule has 31 heavy (non-hydrogen) atoms. The fraction of sp³-hybridized carbons (Fsp3) is 0.526. The van der Waals surface area contributed by atoms with Crippen molar-refractivity contribution in [2.75, 3.05) is 0 Å². The molecule has 8 nitrogen and oxygen atoms in total. The van der Waals surface area contributed by atoms with Crippen molar-refractivity contribution < 1.29 is 18.1 Å². The van der Waals surface area contributed by atoms with Crippen molar-refractivity contribution in [3.63, 3.8) is 0 Å². The van der Waals surface area contributed by atoms with Crippen LogP contribution in [0.1, 0.15) is 37.7 Å². The van der Waals surface area contributed by atoms with Gasteiger partial charge in [-0.05, 0) is 61.4 Å². The van der Waals surface area contributed by atoms with E-state index < -0.39 is 16.1 Å². The third-order valence-corrected chi connectivity index (χ3v) is 6.30. The lowest BCUT2D eigenvalue weighted by Crippen LogP contribution is -2.64. The molecule has 0 saturated heterocycles. The normalized spacial score (nSPS) is 27.9. The van der Waals surface area contributed by atoms with Gasteiger partial charge in [-0.1, -0.05) is 18.2 Å². The minimum absolute atomic E-state index is 0.0502. The summed E-state index contributed by atoms with van der Waals surface area (Å²) in [5.74, 6) is 0.344. The Morgan fingerprint density at radius 2 is 1.94 bits per heavy atom. The van der Waals surface area contributed by atoms with Gasteiger partial charge in [0.25, 0.3) is 0 Å². The van der Waals surface area contributed by atoms with Gasteiger partial charge in [0.05, 0.1) is 17.7 Å². The molecule has 6 N–H and O–H groups in total. The van der Waals surface area contributed by atoms with Crippen LogP contribution >= 0.6 is 11.8 Å². The molecular formula is C19H25F3N6O2S. The molecule has 3 rings (SSSR count). The zero-order valence-corrected chi connectivity index (χ0v) is 17.5. The quantitative estimate of drug-likeness (QED) is 0.293.